The molecule has 16 heavy (non-hydrogen) atoms. The van der Waals surface area contributed by atoms with Gasteiger partial charge in [-0.2, -0.15) is 0 Å². The van der Waals surface area contributed by atoms with Gasteiger partial charge in [0.05, 0.1) is 11.6 Å². The van der Waals surface area contributed by atoms with Gasteiger partial charge in [-0.1, -0.05) is 6.07 Å². The first kappa shape index (κ1) is 12.9. The smallest absolute Gasteiger partial charge is 0.125 e. The number of anilines is 1. The summed E-state index contributed by atoms with van der Waals surface area (Å²) in [5.74, 6) is -0.269. The summed E-state index contributed by atoms with van der Waals surface area (Å²) in [4.78, 5) is 0. The molecule has 0 amide bonds. The topological polar surface area (TPSA) is 47.3 Å². The van der Waals surface area contributed by atoms with Crippen LogP contribution in [-0.2, 0) is 4.74 Å². The largest absolute Gasteiger partial charge is 0.379 e. The standard InChI is InChI=1S/C12H19FN2O/c1-9(16-3)12(2,8-14)15-11-6-4-5-10(13)7-11/h4-7,9,15H,8,14H2,1-3H3. The number of ether oxygens (including phenoxy) is 1. The van der Waals surface area contributed by atoms with Crippen molar-refractivity contribution in [3.05, 3.63) is 30.1 Å². The average molecular weight is 226 g/mol. The Bertz CT molecular complexity index is 346. The fourth-order valence-electron chi connectivity index (χ4n) is 1.47. The molecule has 0 radical (unpaired) electrons. The fourth-order valence-corrected chi connectivity index (χ4v) is 1.47. The molecule has 4 heteroatoms. The molecule has 3 nitrogen and oxygen atoms in total. The van der Waals surface area contributed by atoms with Gasteiger partial charge >= 0.3 is 0 Å². The Kier molecular flexibility index (Phi) is 4.26. The molecule has 0 bridgehead atoms. The van der Waals surface area contributed by atoms with E-state index in [-0.39, 0.29) is 11.9 Å². The first-order chi connectivity index (χ1) is 7.51. The van der Waals surface area contributed by atoms with Gasteiger partial charge in [0.15, 0.2) is 0 Å². The maximum atomic E-state index is 13.0. The Labute approximate surface area is 95.8 Å². The number of nitrogens with two attached hydrogens (primary N) is 1. The van der Waals surface area contributed by atoms with Crippen molar-refractivity contribution < 1.29 is 9.13 Å². The number of nitrogens with one attached hydrogen (secondary N) is 1. The molecular formula is C12H19FN2O. The zero-order chi connectivity index (χ0) is 12.2. The van der Waals surface area contributed by atoms with Gasteiger partial charge in [-0.15, -0.1) is 0 Å². The van der Waals surface area contributed by atoms with Crippen LogP contribution < -0.4 is 11.1 Å². The summed E-state index contributed by atoms with van der Waals surface area (Å²) in [5, 5.41) is 3.21. The Balaban J connectivity index is 2.84. The van der Waals surface area contributed by atoms with Gasteiger partial charge < -0.3 is 15.8 Å². The lowest BCUT2D eigenvalue weighted by Gasteiger charge is -2.35. The molecule has 0 fully saturated rings. The van der Waals surface area contributed by atoms with E-state index in [2.05, 4.69) is 5.32 Å². The predicted molar refractivity (Wildman–Crippen MR) is 64.0 cm³/mol. The highest BCUT2D eigenvalue weighted by atomic mass is 19.1. The van der Waals surface area contributed by atoms with Crippen molar-refractivity contribution >= 4 is 5.69 Å². The Morgan fingerprint density at radius 1 is 1.56 bits per heavy atom. The van der Waals surface area contributed by atoms with Gasteiger partial charge in [0.2, 0.25) is 0 Å². The number of benzene rings is 1. The summed E-state index contributed by atoms with van der Waals surface area (Å²) in [6.45, 7) is 4.28. The van der Waals surface area contributed by atoms with E-state index in [9.17, 15) is 4.39 Å². The molecule has 1 aromatic carbocycles. The van der Waals surface area contributed by atoms with Crippen molar-refractivity contribution in [2.24, 2.45) is 5.73 Å². The van der Waals surface area contributed by atoms with E-state index in [0.29, 0.717) is 12.2 Å². The average Bonchev–Trinajstić information content (AvgIpc) is 2.27. The molecule has 90 valence electrons. The molecule has 1 rings (SSSR count). The Morgan fingerprint density at radius 3 is 2.75 bits per heavy atom. The summed E-state index contributed by atoms with van der Waals surface area (Å²) < 4.78 is 18.3. The van der Waals surface area contributed by atoms with E-state index in [1.54, 1.807) is 19.2 Å². The lowest BCUT2D eigenvalue weighted by Crippen LogP contribution is -2.51. The van der Waals surface area contributed by atoms with Crippen LogP contribution >= 0.6 is 0 Å². The molecule has 0 spiro atoms. The molecule has 3 N–H and O–H groups in total. The minimum absolute atomic E-state index is 0.0687. The summed E-state index contributed by atoms with van der Waals surface area (Å²) in [6, 6.07) is 6.31. The molecule has 0 aliphatic rings. The van der Waals surface area contributed by atoms with E-state index in [4.69, 9.17) is 10.5 Å². The lowest BCUT2D eigenvalue weighted by atomic mass is 9.95. The van der Waals surface area contributed by atoms with Crippen LogP contribution in [0.25, 0.3) is 0 Å². The Morgan fingerprint density at radius 2 is 2.25 bits per heavy atom. The Hall–Kier alpha value is -1.13. The van der Waals surface area contributed by atoms with Gasteiger partial charge in [-0.05, 0) is 32.0 Å². The van der Waals surface area contributed by atoms with Crippen LogP contribution in [0.5, 0.6) is 0 Å². The number of methoxy groups -OCH3 is 1. The highest BCUT2D eigenvalue weighted by Gasteiger charge is 2.29. The van der Waals surface area contributed by atoms with E-state index in [1.165, 1.54) is 12.1 Å². The van der Waals surface area contributed by atoms with Crippen molar-refractivity contribution in [2.45, 2.75) is 25.5 Å². The maximum absolute atomic E-state index is 13.0. The third-order valence-electron chi connectivity index (χ3n) is 2.93. The van der Waals surface area contributed by atoms with Crippen LogP contribution in [0.4, 0.5) is 10.1 Å². The molecule has 0 saturated carbocycles. The van der Waals surface area contributed by atoms with Crippen molar-refractivity contribution in [3.63, 3.8) is 0 Å². The quantitative estimate of drug-likeness (QED) is 0.807. The van der Waals surface area contributed by atoms with Crippen molar-refractivity contribution in [1.29, 1.82) is 0 Å². The van der Waals surface area contributed by atoms with Gasteiger partial charge in [0.25, 0.3) is 0 Å². The van der Waals surface area contributed by atoms with Crippen LogP contribution in [0.3, 0.4) is 0 Å². The van der Waals surface area contributed by atoms with Gasteiger partial charge in [0, 0.05) is 19.3 Å². The second-order valence-corrected chi connectivity index (χ2v) is 4.13. The molecule has 0 heterocycles. The SMILES string of the molecule is COC(C)C(C)(CN)Nc1cccc(F)c1. The van der Waals surface area contributed by atoms with E-state index in [1.807, 2.05) is 13.8 Å². The zero-order valence-corrected chi connectivity index (χ0v) is 9.96. The minimum Gasteiger partial charge on any atom is -0.379 e. The minimum atomic E-state index is -0.414. The number of rotatable bonds is 5. The second-order valence-electron chi connectivity index (χ2n) is 4.13. The van der Waals surface area contributed by atoms with Crippen molar-refractivity contribution in [1.82, 2.24) is 0 Å². The van der Waals surface area contributed by atoms with E-state index in [0.717, 1.165) is 0 Å². The molecule has 1 aromatic rings. The highest BCUT2D eigenvalue weighted by molar-refractivity contribution is 5.46. The monoisotopic (exact) mass is 226 g/mol. The molecule has 0 aliphatic carbocycles. The lowest BCUT2D eigenvalue weighted by molar-refractivity contribution is 0.0688. The summed E-state index contributed by atoms with van der Waals surface area (Å²) in [6.07, 6.45) is -0.0687. The van der Waals surface area contributed by atoms with Crippen LogP contribution in [0.1, 0.15) is 13.8 Å². The van der Waals surface area contributed by atoms with Crippen LogP contribution in [0.15, 0.2) is 24.3 Å². The molecule has 0 aromatic heterocycles. The first-order valence-electron chi connectivity index (χ1n) is 5.28. The first-order valence-corrected chi connectivity index (χ1v) is 5.28. The molecule has 2 unspecified atom stereocenters. The van der Waals surface area contributed by atoms with Crippen LogP contribution in [-0.4, -0.2) is 25.3 Å². The molecule has 2 atom stereocenters. The predicted octanol–water partition coefficient (Wildman–Crippen LogP) is 1.99. The zero-order valence-electron chi connectivity index (χ0n) is 9.96. The van der Waals surface area contributed by atoms with Crippen molar-refractivity contribution in [2.75, 3.05) is 19.0 Å². The molecule has 0 aliphatic heterocycles. The van der Waals surface area contributed by atoms with Gasteiger partial charge in [-0.25, -0.2) is 4.39 Å². The summed E-state index contributed by atoms with van der Waals surface area (Å²) in [5.41, 5.74) is 6.02. The van der Waals surface area contributed by atoms with Gasteiger partial charge in [-0.3, -0.25) is 0 Å². The fraction of sp³-hybridized carbons (Fsp3) is 0.500. The van der Waals surface area contributed by atoms with Crippen molar-refractivity contribution in [3.8, 4) is 0 Å². The summed E-state index contributed by atoms with van der Waals surface area (Å²) >= 11 is 0. The van der Waals surface area contributed by atoms with E-state index < -0.39 is 5.54 Å². The third-order valence-corrected chi connectivity index (χ3v) is 2.93. The maximum Gasteiger partial charge on any atom is 0.125 e. The molecule has 0 saturated heterocycles. The number of halogens is 1. The van der Waals surface area contributed by atoms with Crippen LogP contribution in [0, 0.1) is 5.82 Å². The van der Waals surface area contributed by atoms with Gasteiger partial charge in [0.1, 0.15) is 5.82 Å². The number of hydrogen-bond acceptors (Lipinski definition) is 3. The second kappa shape index (κ2) is 5.27. The third kappa shape index (κ3) is 2.93. The molecular weight excluding hydrogens is 207 g/mol. The highest BCUT2D eigenvalue weighted by Crippen LogP contribution is 2.20. The normalized spacial score (nSPS) is 16.6. The van der Waals surface area contributed by atoms with E-state index >= 15 is 0 Å². The number of hydrogen-bond donors (Lipinski definition) is 2. The van der Waals surface area contributed by atoms with Crippen LogP contribution in [0.2, 0.25) is 0 Å². The summed E-state index contributed by atoms with van der Waals surface area (Å²) in [7, 11) is 1.63.